The van der Waals surface area contributed by atoms with Crippen molar-refractivity contribution in [2.75, 3.05) is 13.7 Å². The van der Waals surface area contributed by atoms with Crippen molar-refractivity contribution in [2.45, 2.75) is 13.0 Å². The lowest BCUT2D eigenvalue weighted by molar-refractivity contribution is -0.144. The molecular formula is C21H19NO6. The van der Waals surface area contributed by atoms with Gasteiger partial charge in [-0.3, -0.25) is 9.59 Å². The first-order valence-electron chi connectivity index (χ1n) is 8.60. The maximum atomic E-state index is 12.7. The van der Waals surface area contributed by atoms with Gasteiger partial charge >= 0.3 is 5.97 Å². The van der Waals surface area contributed by atoms with Crippen LogP contribution in [-0.4, -0.2) is 31.6 Å². The summed E-state index contributed by atoms with van der Waals surface area (Å²) in [4.78, 5) is 35.9. The first-order valence-corrected chi connectivity index (χ1v) is 8.60. The standard InChI is InChI=1S/C21H19NO6/c1-13(21(25)26-2)22-19(23)12-27-15-8-9-16-18(10-15)28-11-17(20(16)24)14-6-4-3-5-7-14/h3-11,13H,12H2,1-2H3,(H,22,23)/t13-/m1/s1. The van der Waals surface area contributed by atoms with Crippen LogP contribution in [0.15, 0.2) is 64.0 Å². The largest absolute Gasteiger partial charge is 0.484 e. The van der Waals surface area contributed by atoms with E-state index in [0.717, 1.165) is 5.56 Å². The summed E-state index contributed by atoms with van der Waals surface area (Å²) >= 11 is 0. The Hall–Kier alpha value is -3.61. The smallest absolute Gasteiger partial charge is 0.328 e. The number of carbonyl (C=O) groups excluding carboxylic acids is 2. The molecule has 7 heteroatoms. The monoisotopic (exact) mass is 381 g/mol. The second-order valence-corrected chi connectivity index (χ2v) is 6.10. The van der Waals surface area contributed by atoms with Crippen LogP contribution >= 0.6 is 0 Å². The number of carbonyl (C=O) groups is 2. The van der Waals surface area contributed by atoms with Crippen LogP contribution in [0.2, 0.25) is 0 Å². The van der Waals surface area contributed by atoms with Gasteiger partial charge in [-0.2, -0.15) is 0 Å². The molecular weight excluding hydrogens is 362 g/mol. The molecule has 0 saturated heterocycles. The van der Waals surface area contributed by atoms with Crippen molar-refractivity contribution in [3.63, 3.8) is 0 Å². The molecule has 1 aromatic heterocycles. The first-order chi connectivity index (χ1) is 13.5. The van der Waals surface area contributed by atoms with Gasteiger partial charge in [0.25, 0.3) is 5.91 Å². The quantitative estimate of drug-likeness (QED) is 0.660. The zero-order valence-electron chi connectivity index (χ0n) is 15.4. The molecule has 2 aromatic carbocycles. The van der Waals surface area contributed by atoms with Crippen molar-refractivity contribution in [3.05, 3.63) is 65.0 Å². The fourth-order valence-corrected chi connectivity index (χ4v) is 2.68. The Kier molecular flexibility index (Phi) is 5.74. The molecule has 0 radical (unpaired) electrons. The number of ether oxygens (including phenoxy) is 2. The van der Waals surface area contributed by atoms with Gasteiger partial charge in [-0.25, -0.2) is 4.79 Å². The Morgan fingerprint density at radius 3 is 2.61 bits per heavy atom. The minimum Gasteiger partial charge on any atom is -0.484 e. The molecule has 7 nitrogen and oxygen atoms in total. The van der Waals surface area contributed by atoms with Crippen LogP contribution in [0.3, 0.4) is 0 Å². The summed E-state index contributed by atoms with van der Waals surface area (Å²) in [6.07, 6.45) is 1.41. The number of benzene rings is 2. The molecule has 0 aliphatic rings. The summed E-state index contributed by atoms with van der Waals surface area (Å²) in [6.45, 7) is 1.22. The summed E-state index contributed by atoms with van der Waals surface area (Å²) in [7, 11) is 1.24. The third kappa shape index (κ3) is 4.20. The zero-order valence-corrected chi connectivity index (χ0v) is 15.4. The molecule has 28 heavy (non-hydrogen) atoms. The highest BCUT2D eigenvalue weighted by Crippen LogP contribution is 2.23. The first kappa shape index (κ1) is 19.2. The van der Waals surface area contributed by atoms with Crippen LogP contribution in [0.25, 0.3) is 22.1 Å². The Morgan fingerprint density at radius 2 is 1.89 bits per heavy atom. The molecule has 1 N–H and O–H groups in total. The highest BCUT2D eigenvalue weighted by molar-refractivity contribution is 5.85. The van der Waals surface area contributed by atoms with Gasteiger partial charge in [0.15, 0.2) is 12.0 Å². The fourth-order valence-electron chi connectivity index (χ4n) is 2.68. The topological polar surface area (TPSA) is 94.8 Å². The highest BCUT2D eigenvalue weighted by Gasteiger charge is 2.16. The third-order valence-electron chi connectivity index (χ3n) is 4.13. The van der Waals surface area contributed by atoms with Crippen molar-refractivity contribution >= 4 is 22.8 Å². The number of esters is 1. The lowest BCUT2D eigenvalue weighted by atomic mass is 10.1. The van der Waals surface area contributed by atoms with E-state index in [0.29, 0.717) is 22.3 Å². The number of amides is 1. The maximum Gasteiger partial charge on any atom is 0.328 e. The molecule has 0 unspecified atom stereocenters. The molecule has 0 aliphatic carbocycles. The van der Waals surface area contributed by atoms with Crippen molar-refractivity contribution in [3.8, 4) is 16.9 Å². The van der Waals surface area contributed by atoms with Gasteiger partial charge in [0.2, 0.25) is 0 Å². The van der Waals surface area contributed by atoms with Crippen LogP contribution in [-0.2, 0) is 14.3 Å². The van der Waals surface area contributed by atoms with Gasteiger partial charge in [-0.05, 0) is 24.6 Å². The number of hydrogen-bond donors (Lipinski definition) is 1. The third-order valence-corrected chi connectivity index (χ3v) is 4.13. The predicted molar refractivity (Wildman–Crippen MR) is 103 cm³/mol. The molecule has 0 aliphatic heterocycles. The van der Waals surface area contributed by atoms with Crippen LogP contribution in [0.5, 0.6) is 5.75 Å². The highest BCUT2D eigenvalue weighted by atomic mass is 16.5. The van der Waals surface area contributed by atoms with E-state index in [1.807, 2.05) is 30.3 Å². The normalized spacial score (nSPS) is 11.6. The molecule has 1 heterocycles. The summed E-state index contributed by atoms with van der Waals surface area (Å²) in [5, 5.41) is 2.88. The molecule has 0 bridgehead atoms. The average molecular weight is 381 g/mol. The van der Waals surface area contributed by atoms with E-state index in [1.165, 1.54) is 20.3 Å². The Balaban J connectivity index is 1.74. The number of methoxy groups -OCH3 is 1. The van der Waals surface area contributed by atoms with Crippen molar-refractivity contribution in [2.24, 2.45) is 0 Å². The number of nitrogens with one attached hydrogen (secondary N) is 1. The van der Waals surface area contributed by atoms with Gasteiger partial charge in [-0.15, -0.1) is 0 Å². The maximum absolute atomic E-state index is 12.7. The Morgan fingerprint density at radius 1 is 1.14 bits per heavy atom. The molecule has 0 fully saturated rings. The number of rotatable bonds is 6. The van der Waals surface area contributed by atoms with E-state index in [2.05, 4.69) is 10.1 Å². The van der Waals surface area contributed by atoms with Gasteiger partial charge in [0, 0.05) is 6.07 Å². The molecule has 0 saturated carbocycles. The van der Waals surface area contributed by atoms with Crippen LogP contribution in [0, 0.1) is 0 Å². The van der Waals surface area contributed by atoms with Crippen LogP contribution in [0.1, 0.15) is 6.92 Å². The second-order valence-electron chi connectivity index (χ2n) is 6.10. The van der Waals surface area contributed by atoms with Crippen molar-refractivity contribution in [1.29, 1.82) is 0 Å². The molecule has 3 rings (SSSR count). The van der Waals surface area contributed by atoms with Crippen LogP contribution < -0.4 is 15.5 Å². The van der Waals surface area contributed by atoms with Gasteiger partial charge < -0.3 is 19.2 Å². The van der Waals surface area contributed by atoms with E-state index in [1.54, 1.807) is 18.2 Å². The van der Waals surface area contributed by atoms with E-state index < -0.39 is 17.9 Å². The number of hydrogen-bond acceptors (Lipinski definition) is 6. The summed E-state index contributed by atoms with van der Waals surface area (Å²) < 4.78 is 15.6. The average Bonchev–Trinajstić information content (AvgIpc) is 2.72. The van der Waals surface area contributed by atoms with Crippen molar-refractivity contribution < 1.29 is 23.5 Å². The minimum absolute atomic E-state index is 0.149. The minimum atomic E-state index is -0.771. The van der Waals surface area contributed by atoms with Gasteiger partial charge in [-0.1, -0.05) is 30.3 Å². The van der Waals surface area contributed by atoms with E-state index >= 15 is 0 Å². The van der Waals surface area contributed by atoms with E-state index in [4.69, 9.17) is 9.15 Å². The molecule has 1 amide bonds. The molecule has 1 atom stereocenters. The Bertz CT molecular complexity index is 1060. The predicted octanol–water partition coefficient (Wildman–Crippen LogP) is 2.52. The lowest BCUT2D eigenvalue weighted by Gasteiger charge is -2.12. The zero-order chi connectivity index (χ0) is 20.1. The molecule has 144 valence electrons. The number of fused-ring (bicyclic) bond motifs is 1. The Labute approximate surface area is 160 Å². The fraction of sp³-hybridized carbons (Fsp3) is 0.190. The summed E-state index contributed by atoms with van der Waals surface area (Å²) in [5.41, 5.74) is 1.45. The van der Waals surface area contributed by atoms with E-state index in [9.17, 15) is 14.4 Å². The lowest BCUT2D eigenvalue weighted by Crippen LogP contribution is -2.41. The van der Waals surface area contributed by atoms with Crippen molar-refractivity contribution in [1.82, 2.24) is 5.32 Å². The van der Waals surface area contributed by atoms with Gasteiger partial charge in [0.05, 0.1) is 18.1 Å². The van der Waals surface area contributed by atoms with Gasteiger partial charge in [0.1, 0.15) is 23.6 Å². The summed E-state index contributed by atoms with van der Waals surface area (Å²) in [5.74, 6) is -0.655. The SMILES string of the molecule is COC(=O)[C@@H](C)NC(=O)COc1ccc2c(=O)c(-c3ccccc3)coc2c1. The molecule has 0 spiro atoms. The molecule has 3 aromatic rings. The second kappa shape index (κ2) is 8.39. The van der Waals surface area contributed by atoms with E-state index in [-0.39, 0.29) is 12.0 Å². The van der Waals surface area contributed by atoms with Crippen LogP contribution in [0.4, 0.5) is 0 Å². The summed E-state index contributed by atoms with van der Waals surface area (Å²) in [6, 6.07) is 13.2.